The van der Waals surface area contributed by atoms with Gasteiger partial charge in [0.05, 0.1) is 17.7 Å². The van der Waals surface area contributed by atoms with Crippen molar-refractivity contribution in [2.75, 3.05) is 18.0 Å². The number of rotatable bonds is 6. The van der Waals surface area contributed by atoms with Gasteiger partial charge in [-0.3, -0.25) is 10.2 Å². The van der Waals surface area contributed by atoms with Gasteiger partial charge in [-0.05, 0) is 48.1 Å². The number of amidine groups is 1. The number of phenols is 2. The number of hydrogen-bond donors (Lipinski definition) is 4. The van der Waals surface area contributed by atoms with E-state index in [1.54, 1.807) is 29.2 Å². The van der Waals surface area contributed by atoms with Gasteiger partial charge in [0.15, 0.2) is 0 Å². The van der Waals surface area contributed by atoms with Crippen LogP contribution in [0, 0.1) is 11.3 Å². The maximum atomic E-state index is 12.6. The first kappa shape index (κ1) is 24.8. The Morgan fingerprint density at radius 1 is 1.15 bits per heavy atom. The zero-order chi connectivity index (χ0) is 25.0. The van der Waals surface area contributed by atoms with Crippen LogP contribution in [-0.4, -0.2) is 52.3 Å². The summed E-state index contributed by atoms with van der Waals surface area (Å²) in [7, 11) is 0. The summed E-state index contributed by atoms with van der Waals surface area (Å²) in [4.78, 5) is 38.4. The molecule has 3 rings (SSSR count). The lowest BCUT2D eigenvalue weighted by Gasteiger charge is -2.29. The van der Waals surface area contributed by atoms with E-state index in [-0.39, 0.29) is 47.1 Å². The monoisotopic (exact) mass is 466 g/mol. The molecule has 9 heteroatoms. The molecule has 1 aliphatic rings. The summed E-state index contributed by atoms with van der Waals surface area (Å²) in [6.45, 7) is 4.83. The molecule has 0 aliphatic carbocycles. The first-order valence-electron chi connectivity index (χ1n) is 11.2. The van der Waals surface area contributed by atoms with E-state index >= 15 is 0 Å². The molecular weight excluding hydrogens is 436 g/mol. The van der Waals surface area contributed by atoms with Crippen molar-refractivity contribution in [3.63, 3.8) is 0 Å². The fraction of sp³-hybridized carbons (Fsp3) is 0.360. The number of likely N-dealkylation sites (tertiary alicyclic amines) is 1. The van der Waals surface area contributed by atoms with Crippen molar-refractivity contribution in [2.45, 2.75) is 39.0 Å². The van der Waals surface area contributed by atoms with Crippen LogP contribution in [0.2, 0.25) is 0 Å². The zero-order valence-electron chi connectivity index (χ0n) is 19.3. The SMILES string of the molecule is CC(C)c1cc(C(=N)N(C(N)=O)c2ccc(CC(=O)N3CCC(C=O)CC3)cc2)c(O)cc1O. The highest BCUT2D eigenvalue weighted by atomic mass is 16.3. The van der Waals surface area contributed by atoms with Gasteiger partial charge < -0.3 is 25.6 Å². The Hall–Kier alpha value is -3.88. The number of hydrogen-bond acceptors (Lipinski definition) is 6. The molecule has 0 aromatic heterocycles. The van der Waals surface area contributed by atoms with Gasteiger partial charge in [0, 0.05) is 25.1 Å². The Morgan fingerprint density at radius 2 is 1.76 bits per heavy atom. The molecule has 1 saturated heterocycles. The summed E-state index contributed by atoms with van der Waals surface area (Å²) in [6, 6.07) is 8.24. The van der Waals surface area contributed by atoms with E-state index in [0.717, 1.165) is 22.8 Å². The molecule has 180 valence electrons. The molecule has 0 spiro atoms. The number of urea groups is 1. The number of carbonyl (C=O) groups is 3. The van der Waals surface area contributed by atoms with Crippen LogP contribution in [0.15, 0.2) is 36.4 Å². The molecule has 5 N–H and O–H groups in total. The topological polar surface area (TPSA) is 148 Å². The van der Waals surface area contributed by atoms with Gasteiger partial charge in [-0.2, -0.15) is 0 Å². The van der Waals surface area contributed by atoms with Crippen LogP contribution in [0.3, 0.4) is 0 Å². The van der Waals surface area contributed by atoms with Gasteiger partial charge in [0.1, 0.15) is 23.6 Å². The highest BCUT2D eigenvalue weighted by Crippen LogP contribution is 2.33. The number of anilines is 1. The lowest BCUT2D eigenvalue weighted by atomic mass is 9.98. The van der Waals surface area contributed by atoms with Crippen LogP contribution in [0.25, 0.3) is 0 Å². The average molecular weight is 467 g/mol. The largest absolute Gasteiger partial charge is 0.508 e. The number of benzene rings is 2. The third kappa shape index (κ3) is 5.36. The first-order chi connectivity index (χ1) is 16.1. The number of aldehydes is 1. The minimum absolute atomic E-state index is 0.0167. The number of primary amides is 1. The number of piperidine rings is 1. The summed E-state index contributed by atoms with van der Waals surface area (Å²) in [5.74, 6) is -0.878. The lowest BCUT2D eigenvalue weighted by Crippen LogP contribution is -2.41. The van der Waals surface area contributed by atoms with Crippen molar-refractivity contribution in [1.82, 2.24) is 4.90 Å². The summed E-state index contributed by atoms with van der Waals surface area (Å²) in [5, 5.41) is 28.9. The Balaban J connectivity index is 1.78. The van der Waals surface area contributed by atoms with Crippen molar-refractivity contribution in [3.05, 3.63) is 53.1 Å². The second-order valence-corrected chi connectivity index (χ2v) is 8.80. The van der Waals surface area contributed by atoms with E-state index < -0.39 is 6.03 Å². The van der Waals surface area contributed by atoms with Gasteiger partial charge >= 0.3 is 6.03 Å². The summed E-state index contributed by atoms with van der Waals surface area (Å²) in [5.41, 5.74) is 7.17. The number of phenolic OH excluding ortho intramolecular Hbond substituents is 2. The summed E-state index contributed by atoms with van der Waals surface area (Å²) < 4.78 is 0. The molecule has 0 saturated carbocycles. The smallest absolute Gasteiger partial charge is 0.325 e. The third-order valence-corrected chi connectivity index (χ3v) is 6.10. The molecular formula is C25H30N4O5. The second kappa shape index (κ2) is 10.4. The number of aromatic hydroxyl groups is 2. The number of amides is 3. The molecule has 1 fully saturated rings. The Bertz CT molecular complexity index is 1090. The molecule has 1 aliphatic heterocycles. The van der Waals surface area contributed by atoms with Gasteiger partial charge in [0.2, 0.25) is 5.91 Å². The fourth-order valence-electron chi connectivity index (χ4n) is 4.07. The van der Waals surface area contributed by atoms with E-state index in [1.807, 2.05) is 13.8 Å². The van der Waals surface area contributed by atoms with E-state index in [0.29, 0.717) is 37.2 Å². The summed E-state index contributed by atoms with van der Waals surface area (Å²) in [6.07, 6.45) is 2.47. The Labute approximate surface area is 198 Å². The van der Waals surface area contributed by atoms with Crippen molar-refractivity contribution >= 4 is 29.7 Å². The quantitative estimate of drug-likeness (QED) is 0.293. The minimum Gasteiger partial charge on any atom is -0.508 e. The maximum absolute atomic E-state index is 12.6. The van der Waals surface area contributed by atoms with Crippen LogP contribution in [-0.2, 0) is 16.0 Å². The fourth-order valence-corrected chi connectivity index (χ4v) is 4.07. The normalized spacial score (nSPS) is 14.1. The molecule has 0 radical (unpaired) electrons. The number of nitrogens with two attached hydrogens (primary N) is 1. The molecule has 1 heterocycles. The molecule has 2 aromatic rings. The van der Waals surface area contributed by atoms with E-state index in [1.165, 1.54) is 6.07 Å². The van der Waals surface area contributed by atoms with Crippen molar-refractivity contribution < 1.29 is 24.6 Å². The number of nitrogens with one attached hydrogen (secondary N) is 1. The standard InChI is InChI=1S/C25H30N4O5/c1-15(2)19-12-20(22(32)13-21(19)31)24(26)29(25(27)34)18-5-3-16(4-6-18)11-23(33)28-9-7-17(14-30)8-10-28/h3-6,12-15,17,26,31-32H,7-11H2,1-2H3,(H2,27,34). The van der Waals surface area contributed by atoms with Crippen molar-refractivity contribution in [1.29, 1.82) is 5.41 Å². The van der Waals surface area contributed by atoms with Gasteiger partial charge in [-0.1, -0.05) is 26.0 Å². The van der Waals surface area contributed by atoms with Gasteiger partial charge in [-0.25, -0.2) is 9.69 Å². The Kier molecular flexibility index (Phi) is 7.55. The Morgan fingerprint density at radius 3 is 2.29 bits per heavy atom. The van der Waals surface area contributed by atoms with Crippen LogP contribution in [0.5, 0.6) is 11.5 Å². The number of nitrogens with zero attached hydrogens (tertiary/aromatic N) is 2. The highest BCUT2D eigenvalue weighted by Gasteiger charge is 2.25. The number of carbonyl (C=O) groups excluding carboxylic acids is 3. The summed E-state index contributed by atoms with van der Waals surface area (Å²) >= 11 is 0. The van der Waals surface area contributed by atoms with E-state index in [4.69, 9.17) is 11.1 Å². The molecule has 0 bridgehead atoms. The van der Waals surface area contributed by atoms with Gasteiger partial charge in [0.25, 0.3) is 0 Å². The first-order valence-corrected chi connectivity index (χ1v) is 11.2. The molecule has 2 aromatic carbocycles. The molecule has 3 amide bonds. The average Bonchev–Trinajstić information content (AvgIpc) is 2.79. The maximum Gasteiger partial charge on any atom is 0.325 e. The van der Waals surface area contributed by atoms with Crippen LogP contribution >= 0.6 is 0 Å². The second-order valence-electron chi connectivity index (χ2n) is 8.80. The van der Waals surface area contributed by atoms with Crippen LogP contribution < -0.4 is 10.6 Å². The lowest BCUT2D eigenvalue weighted by molar-refractivity contribution is -0.132. The van der Waals surface area contributed by atoms with Crippen LogP contribution in [0.1, 0.15) is 49.3 Å². The minimum atomic E-state index is -0.912. The predicted octanol–water partition coefficient (Wildman–Crippen LogP) is 3.11. The third-order valence-electron chi connectivity index (χ3n) is 6.10. The highest BCUT2D eigenvalue weighted by molar-refractivity contribution is 6.22. The molecule has 34 heavy (non-hydrogen) atoms. The molecule has 9 nitrogen and oxygen atoms in total. The van der Waals surface area contributed by atoms with Crippen LogP contribution in [0.4, 0.5) is 10.5 Å². The van der Waals surface area contributed by atoms with E-state index in [9.17, 15) is 24.6 Å². The molecule has 0 unspecified atom stereocenters. The zero-order valence-corrected chi connectivity index (χ0v) is 19.3. The van der Waals surface area contributed by atoms with Gasteiger partial charge in [-0.15, -0.1) is 0 Å². The molecule has 0 atom stereocenters. The van der Waals surface area contributed by atoms with E-state index in [2.05, 4.69) is 0 Å². The van der Waals surface area contributed by atoms with Crippen molar-refractivity contribution in [3.8, 4) is 11.5 Å². The van der Waals surface area contributed by atoms with Crippen molar-refractivity contribution in [2.24, 2.45) is 11.7 Å². The predicted molar refractivity (Wildman–Crippen MR) is 128 cm³/mol.